The number of rotatable bonds is 5. The molecular weight excluding hydrogens is 171 g/mol. The number of hydrogen-bond donors (Lipinski definition) is 0. The van der Waals surface area contributed by atoms with Crippen molar-refractivity contribution in [2.24, 2.45) is 5.92 Å². The van der Waals surface area contributed by atoms with Crippen LogP contribution < -0.4 is 0 Å². The highest BCUT2D eigenvalue weighted by Crippen LogP contribution is 2.36. The highest BCUT2D eigenvalue weighted by atomic mass is 31.2. The SMILES string of the molecule is C=CC[C@@H](C)C(=O)CP(C)(C)=O. The lowest BCUT2D eigenvalue weighted by molar-refractivity contribution is -0.119. The zero-order chi connectivity index (χ0) is 9.78. The normalized spacial score (nSPS) is 13.9. The Bertz CT molecular complexity index is 215. The first kappa shape index (κ1) is 11.6. The van der Waals surface area contributed by atoms with Crippen molar-refractivity contribution in [2.75, 3.05) is 19.5 Å². The van der Waals surface area contributed by atoms with Crippen LogP contribution in [0.25, 0.3) is 0 Å². The number of carbonyl (C=O) groups is 1. The van der Waals surface area contributed by atoms with Crippen LogP contribution >= 0.6 is 7.14 Å². The second-order valence-electron chi connectivity index (χ2n) is 3.62. The van der Waals surface area contributed by atoms with Crippen LogP contribution in [-0.2, 0) is 9.36 Å². The van der Waals surface area contributed by atoms with Gasteiger partial charge in [0.1, 0.15) is 5.78 Å². The van der Waals surface area contributed by atoms with E-state index in [2.05, 4.69) is 6.58 Å². The minimum Gasteiger partial charge on any atom is -0.324 e. The number of Topliss-reactive ketones (excluding diaryl/α,β-unsaturated/α-hetero) is 1. The van der Waals surface area contributed by atoms with Gasteiger partial charge >= 0.3 is 0 Å². The van der Waals surface area contributed by atoms with Gasteiger partial charge in [-0.3, -0.25) is 4.79 Å². The topological polar surface area (TPSA) is 34.1 Å². The number of allylic oxidation sites excluding steroid dienone is 1. The maximum Gasteiger partial charge on any atom is 0.143 e. The molecule has 3 heteroatoms. The molecule has 0 aliphatic rings. The molecule has 0 fully saturated rings. The zero-order valence-electron chi connectivity index (χ0n) is 8.04. The van der Waals surface area contributed by atoms with Gasteiger partial charge in [-0.25, -0.2) is 0 Å². The van der Waals surface area contributed by atoms with Crippen molar-refractivity contribution in [2.45, 2.75) is 13.3 Å². The number of ketones is 1. The highest BCUT2D eigenvalue weighted by Gasteiger charge is 2.18. The fraction of sp³-hybridized carbons (Fsp3) is 0.667. The lowest BCUT2D eigenvalue weighted by Gasteiger charge is -2.09. The summed E-state index contributed by atoms with van der Waals surface area (Å²) < 4.78 is 11.3. The first-order chi connectivity index (χ1) is 5.37. The molecule has 70 valence electrons. The van der Waals surface area contributed by atoms with Crippen molar-refractivity contribution in [1.82, 2.24) is 0 Å². The number of carbonyl (C=O) groups excluding carboxylic acids is 1. The molecule has 0 unspecified atom stereocenters. The van der Waals surface area contributed by atoms with E-state index in [1.54, 1.807) is 19.4 Å². The molecule has 0 saturated heterocycles. The third-order valence-electron chi connectivity index (χ3n) is 1.61. The Balaban J connectivity index is 4.04. The molecule has 1 atom stereocenters. The fourth-order valence-corrected chi connectivity index (χ4v) is 1.97. The van der Waals surface area contributed by atoms with Crippen LogP contribution in [0.3, 0.4) is 0 Å². The van der Waals surface area contributed by atoms with Gasteiger partial charge in [0.05, 0.1) is 13.3 Å². The first-order valence-corrected chi connectivity index (χ1v) is 6.83. The highest BCUT2D eigenvalue weighted by molar-refractivity contribution is 7.63. The maximum atomic E-state index is 11.3. The van der Waals surface area contributed by atoms with E-state index in [1.807, 2.05) is 6.92 Å². The molecule has 0 spiro atoms. The van der Waals surface area contributed by atoms with Gasteiger partial charge in [0.25, 0.3) is 0 Å². The van der Waals surface area contributed by atoms with Gasteiger partial charge in [-0.2, -0.15) is 0 Å². The Morgan fingerprint density at radius 3 is 2.42 bits per heavy atom. The maximum absolute atomic E-state index is 11.3. The van der Waals surface area contributed by atoms with Crippen LogP contribution in [0.4, 0.5) is 0 Å². The summed E-state index contributed by atoms with van der Waals surface area (Å²) in [5.74, 6) is 0.0546. The van der Waals surface area contributed by atoms with Crippen LogP contribution in [-0.4, -0.2) is 25.3 Å². The Hall–Kier alpha value is -0.360. The van der Waals surface area contributed by atoms with Crippen LogP contribution in [0, 0.1) is 5.92 Å². The van der Waals surface area contributed by atoms with Gasteiger partial charge in [0, 0.05) is 5.92 Å². The van der Waals surface area contributed by atoms with E-state index in [4.69, 9.17) is 0 Å². The van der Waals surface area contributed by atoms with Gasteiger partial charge in [0.2, 0.25) is 0 Å². The molecule has 0 aliphatic carbocycles. The average molecular weight is 188 g/mol. The summed E-state index contributed by atoms with van der Waals surface area (Å²) >= 11 is 0. The van der Waals surface area contributed by atoms with Crippen LogP contribution in [0.15, 0.2) is 12.7 Å². The van der Waals surface area contributed by atoms with Crippen LogP contribution in [0.5, 0.6) is 0 Å². The zero-order valence-corrected chi connectivity index (χ0v) is 8.93. The summed E-state index contributed by atoms with van der Waals surface area (Å²) in [4.78, 5) is 11.3. The molecule has 0 bridgehead atoms. The third kappa shape index (κ3) is 5.31. The van der Waals surface area contributed by atoms with Crippen LogP contribution in [0.2, 0.25) is 0 Å². The van der Waals surface area contributed by atoms with Gasteiger partial charge < -0.3 is 4.57 Å². The number of hydrogen-bond acceptors (Lipinski definition) is 2. The molecular formula is C9H17O2P. The second kappa shape index (κ2) is 4.61. The van der Waals surface area contributed by atoms with Gasteiger partial charge in [-0.05, 0) is 19.8 Å². The Morgan fingerprint density at radius 1 is 1.58 bits per heavy atom. The molecule has 0 N–H and O–H groups in total. The second-order valence-corrected chi connectivity index (χ2v) is 7.09. The van der Waals surface area contributed by atoms with Crippen molar-refractivity contribution in [3.8, 4) is 0 Å². The van der Waals surface area contributed by atoms with E-state index in [1.165, 1.54) is 0 Å². The molecule has 12 heavy (non-hydrogen) atoms. The molecule has 0 aromatic carbocycles. The molecule has 0 heterocycles. The van der Waals surface area contributed by atoms with Crippen molar-refractivity contribution in [3.63, 3.8) is 0 Å². The molecule has 0 rings (SSSR count). The summed E-state index contributed by atoms with van der Waals surface area (Å²) in [6.07, 6.45) is 2.62. The van der Waals surface area contributed by atoms with Gasteiger partial charge in [0.15, 0.2) is 0 Å². The van der Waals surface area contributed by atoms with E-state index in [0.717, 1.165) is 0 Å². The fourth-order valence-electron chi connectivity index (χ4n) is 0.913. The van der Waals surface area contributed by atoms with Crippen molar-refractivity contribution in [1.29, 1.82) is 0 Å². The molecule has 0 saturated carbocycles. The van der Waals surface area contributed by atoms with Crippen molar-refractivity contribution in [3.05, 3.63) is 12.7 Å². The molecule has 0 aliphatic heterocycles. The van der Waals surface area contributed by atoms with E-state index in [9.17, 15) is 9.36 Å². The summed E-state index contributed by atoms with van der Waals surface area (Å²) in [6, 6.07) is 0. The van der Waals surface area contributed by atoms with Gasteiger partial charge in [-0.15, -0.1) is 6.58 Å². The summed E-state index contributed by atoms with van der Waals surface area (Å²) in [5.41, 5.74) is 0. The van der Waals surface area contributed by atoms with E-state index in [-0.39, 0.29) is 17.9 Å². The van der Waals surface area contributed by atoms with Crippen molar-refractivity contribution < 1.29 is 9.36 Å². The molecule has 2 nitrogen and oxygen atoms in total. The lowest BCUT2D eigenvalue weighted by Crippen LogP contribution is -2.14. The largest absolute Gasteiger partial charge is 0.324 e. The molecule has 0 radical (unpaired) electrons. The smallest absolute Gasteiger partial charge is 0.143 e. The van der Waals surface area contributed by atoms with Crippen LogP contribution in [0.1, 0.15) is 13.3 Å². The van der Waals surface area contributed by atoms with E-state index >= 15 is 0 Å². The molecule has 0 aromatic heterocycles. The minimum absolute atomic E-state index is 0.0317. The summed E-state index contributed by atoms with van der Waals surface area (Å²) in [6.45, 7) is 8.69. The van der Waals surface area contributed by atoms with Gasteiger partial charge in [-0.1, -0.05) is 13.0 Å². The predicted molar refractivity (Wildman–Crippen MR) is 53.3 cm³/mol. The molecule has 0 aromatic rings. The predicted octanol–water partition coefficient (Wildman–Crippen LogP) is 2.39. The standard InChI is InChI=1S/C9H17O2P/c1-5-6-8(2)9(10)7-12(3,4)11/h5,8H,1,6-7H2,2-4H3/t8-/m1/s1. The van der Waals surface area contributed by atoms with E-state index in [0.29, 0.717) is 6.42 Å². The average Bonchev–Trinajstić information content (AvgIpc) is 1.84. The molecule has 0 amide bonds. The Labute approximate surface area is 74.4 Å². The Morgan fingerprint density at radius 2 is 2.08 bits per heavy atom. The monoisotopic (exact) mass is 188 g/mol. The quantitative estimate of drug-likeness (QED) is 0.490. The third-order valence-corrected chi connectivity index (χ3v) is 2.68. The van der Waals surface area contributed by atoms with E-state index < -0.39 is 7.14 Å². The lowest BCUT2D eigenvalue weighted by atomic mass is 10.0. The summed E-state index contributed by atoms with van der Waals surface area (Å²) in [7, 11) is -2.18. The van der Waals surface area contributed by atoms with Crippen molar-refractivity contribution >= 4 is 12.9 Å². The summed E-state index contributed by atoms with van der Waals surface area (Å²) in [5, 5.41) is 0. The Kier molecular flexibility index (Phi) is 4.47. The first-order valence-electron chi connectivity index (χ1n) is 4.04. The minimum atomic E-state index is -2.18.